The summed E-state index contributed by atoms with van der Waals surface area (Å²) in [7, 11) is -2.00. The molecular formula is C12H16N4O3S. The summed E-state index contributed by atoms with van der Waals surface area (Å²) in [6, 6.07) is 6.52. The third-order valence-electron chi connectivity index (χ3n) is 2.68. The van der Waals surface area contributed by atoms with Gasteiger partial charge in [-0.2, -0.15) is 4.98 Å². The van der Waals surface area contributed by atoms with Crippen LogP contribution in [-0.4, -0.2) is 32.2 Å². The number of aryl methyl sites for hydroxylation is 1. The van der Waals surface area contributed by atoms with Gasteiger partial charge in [0.15, 0.2) is 5.82 Å². The van der Waals surface area contributed by atoms with Crippen LogP contribution in [0.25, 0.3) is 0 Å². The first-order chi connectivity index (χ1) is 9.51. The number of nitrogens with one attached hydrogen (secondary N) is 2. The van der Waals surface area contributed by atoms with Gasteiger partial charge < -0.3 is 9.84 Å². The zero-order valence-electron chi connectivity index (χ0n) is 11.3. The topological polar surface area (TPSA) is 97.1 Å². The molecule has 0 unspecified atom stereocenters. The summed E-state index contributed by atoms with van der Waals surface area (Å²) >= 11 is 0. The van der Waals surface area contributed by atoms with Crippen molar-refractivity contribution in [1.82, 2.24) is 14.9 Å². The maximum absolute atomic E-state index is 11.6. The van der Waals surface area contributed by atoms with E-state index in [9.17, 15) is 8.42 Å². The lowest BCUT2D eigenvalue weighted by molar-refractivity contribution is 0.387. The van der Waals surface area contributed by atoms with Crippen molar-refractivity contribution < 1.29 is 12.9 Å². The van der Waals surface area contributed by atoms with Crippen LogP contribution in [0.3, 0.4) is 0 Å². The van der Waals surface area contributed by atoms with E-state index in [-0.39, 0.29) is 4.90 Å². The van der Waals surface area contributed by atoms with Gasteiger partial charge in [0.25, 0.3) is 0 Å². The predicted octanol–water partition coefficient (Wildman–Crippen LogP) is 0.941. The SMILES string of the molecule is CNS(=O)(=O)c1ccc(NCCc2noc(C)n2)cc1. The molecule has 1 heterocycles. The van der Waals surface area contributed by atoms with Crippen LogP contribution in [0.2, 0.25) is 0 Å². The second-order valence-corrected chi connectivity index (χ2v) is 6.02. The fourth-order valence-corrected chi connectivity index (χ4v) is 2.36. The zero-order valence-corrected chi connectivity index (χ0v) is 12.1. The van der Waals surface area contributed by atoms with Crippen LogP contribution in [0.5, 0.6) is 0 Å². The Morgan fingerprint density at radius 2 is 1.95 bits per heavy atom. The Balaban J connectivity index is 1.91. The van der Waals surface area contributed by atoms with Crippen molar-refractivity contribution >= 4 is 15.7 Å². The smallest absolute Gasteiger partial charge is 0.240 e. The number of benzene rings is 1. The molecule has 108 valence electrons. The normalized spacial score (nSPS) is 11.5. The van der Waals surface area contributed by atoms with Gasteiger partial charge in [0.05, 0.1) is 4.90 Å². The molecule has 0 atom stereocenters. The fraction of sp³-hybridized carbons (Fsp3) is 0.333. The Labute approximate surface area is 117 Å². The third-order valence-corrected chi connectivity index (χ3v) is 4.11. The molecule has 0 fully saturated rings. The number of hydrogen-bond acceptors (Lipinski definition) is 6. The van der Waals surface area contributed by atoms with E-state index in [1.165, 1.54) is 7.05 Å². The van der Waals surface area contributed by atoms with Gasteiger partial charge in [-0.15, -0.1) is 0 Å². The number of hydrogen-bond donors (Lipinski definition) is 2. The van der Waals surface area contributed by atoms with Crippen molar-refractivity contribution in [2.45, 2.75) is 18.2 Å². The molecule has 0 saturated heterocycles. The van der Waals surface area contributed by atoms with Gasteiger partial charge in [-0.25, -0.2) is 13.1 Å². The Kier molecular flexibility index (Phi) is 4.35. The Bertz CT molecular complexity index is 664. The molecule has 0 aliphatic heterocycles. The van der Waals surface area contributed by atoms with E-state index in [0.29, 0.717) is 24.7 Å². The largest absolute Gasteiger partial charge is 0.385 e. The molecule has 2 N–H and O–H groups in total. The first-order valence-corrected chi connectivity index (χ1v) is 7.56. The van der Waals surface area contributed by atoms with Gasteiger partial charge in [-0.1, -0.05) is 5.16 Å². The summed E-state index contributed by atoms with van der Waals surface area (Å²) < 4.78 is 30.2. The molecule has 20 heavy (non-hydrogen) atoms. The van der Waals surface area contributed by atoms with Crippen molar-refractivity contribution in [2.75, 3.05) is 18.9 Å². The maximum atomic E-state index is 11.6. The highest BCUT2D eigenvalue weighted by Crippen LogP contribution is 2.13. The average Bonchev–Trinajstić information content (AvgIpc) is 2.85. The minimum absolute atomic E-state index is 0.236. The number of sulfonamides is 1. The van der Waals surface area contributed by atoms with Crippen molar-refractivity contribution in [2.24, 2.45) is 0 Å². The number of nitrogens with zero attached hydrogens (tertiary/aromatic N) is 2. The number of anilines is 1. The molecule has 0 radical (unpaired) electrons. The minimum Gasteiger partial charge on any atom is -0.385 e. The van der Waals surface area contributed by atoms with E-state index >= 15 is 0 Å². The van der Waals surface area contributed by atoms with E-state index in [4.69, 9.17) is 4.52 Å². The molecule has 1 aromatic heterocycles. The summed E-state index contributed by atoms with van der Waals surface area (Å²) in [6.45, 7) is 2.38. The molecule has 8 heteroatoms. The van der Waals surface area contributed by atoms with Gasteiger partial charge in [-0.3, -0.25) is 0 Å². The van der Waals surface area contributed by atoms with E-state index in [0.717, 1.165) is 5.69 Å². The molecule has 1 aromatic carbocycles. The highest BCUT2D eigenvalue weighted by atomic mass is 32.2. The molecule has 0 bridgehead atoms. The molecule has 0 spiro atoms. The van der Waals surface area contributed by atoms with Crippen molar-refractivity contribution in [3.05, 3.63) is 36.0 Å². The van der Waals surface area contributed by atoms with Gasteiger partial charge in [0.2, 0.25) is 15.9 Å². The molecule has 0 aliphatic carbocycles. The van der Waals surface area contributed by atoms with Crippen molar-refractivity contribution in [3.8, 4) is 0 Å². The lowest BCUT2D eigenvalue weighted by Crippen LogP contribution is -2.18. The van der Waals surface area contributed by atoms with E-state index in [1.54, 1.807) is 31.2 Å². The molecule has 0 aliphatic rings. The molecular weight excluding hydrogens is 280 g/mol. The number of rotatable bonds is 6. The standard InChI is InChI=1S/C12H16N4O3S/c1-9-15-12(16-19-9)7-8-14-10-3-5-11(6-4-10)20(17,18)13-2/h3-6,13-14H,7-8H2,1-2H3. The second-order valence-electron chi connectivity index (χ2n) is 4.14. The zero-order chi connectivity index (χ0) is 14.6. The van der Waals surface area contributed by atoms with Gasteiger partial charge in [-0.05, 0) is 31.3 Å². The van der Waals surface area contributed by atoms with Gasteiger partial charge in [0, 0.05) is 25.6 Å². The third kappa shape index (κ3) is 3.55. The molecule has 0 amide bonds. The first kappa shape index (κ1) is 14.5. The first-order valence-electron chi connectivity index (χ1n) is 6.08. The maximum Gasteiger partial charge on any atom is 0.240 e. The summed E-state index contributed by atoms with van der Waals surface area (Å²) in [5.41, 5.74) is 0.834. The second kappa shape index (κ2) is 6.02. The van der Waals surface area contributed by atoms with Crippen LogP contribution in [0, 0.1) is 6.92 Å². The molecule has 7 nitrogen and oxygen atoms in total. The van der Waals surface area contributed by atoms with Crippen molar-refractivity contribution in [3.63, 3.8) is 0 Å². The Morgan fingerprint density at radius 1 is 1.25 bits per heavy atom. The average molecular weight is 296 g/mol. The highest BCUT2D eigenvalue weighted by Gasteiger charge is 2.10. The lowest BCUT2D eigenvalue weighted by atomic mass is 10.3. The van der Waals surface area contributed by atoms with Crippen molar-refractivity contribution in [1.29, 1.82) is 0 Å². The summed E-state index contributed by atoms with van der Waals surface area (Å²) in [6.07, 6.45) is 0.633. The molecule has 2 rings (SSSR count). The monoisotopic (exact) mass is 296 g/mol. The fourth-order valence-electron chi connectivity index (χ4n) is 1.63. The summed E-state index contributed by atoms with van der Waals surface area (Å²) in [5, 5.41) is 6.95. The predicted molar refractivity (Wildman–Crippen MR) is 73.9 cm³/mol. The number of aromatic nitrogens is 2. The van der Waals surface area contributed by atoms with Crippen LogP contribution in [-0.2, 0) is 16.4 Å². The van der Waals surface area contributed by atoms with Crippen LogP contribution in [0.15, 0.2) is 33.7 Å². The van der Waals surface area contributed by atoms with Crippen LogP contribution in [0.1, 0.15) is 11.7 Å². The van der Waals surface area contributed by atoms with E-state index in [1.807, 2.05) is 0 Å². The van der Waals surface area contributed by atoms with Crippen LogP contribution < -0.4 is 10.0 Å². The minimum atomic E-state index is -3.39. The van der Waals surface area contributed by atoms with Crippen LogP contribution >= 0.6 is 0 Å². The van der Waals surface area contributed by atoms with Gasteiger partial charge in [0.1, 0.15) is 0 Å². The van der Waals surface area contributed by atoms with Gasteiger partial charge >= 0.3 is 0 Å². The Morgan fingerprint density at radius 3 is 2.50 bits per heavy atom. The quantitative estimate of drug-likeness (QED) is 0.823. The highest BCUT2D eigenvalue weighted by molar-refractivity contribution is 7.89. The van der Waals surface area contributed by atoms with Crippen LogP contribution in [0.4, 0.5) is 5.69 Å². The molecule has 2 aromatic rings. The Hall–Kier alpha value is -1.93. The summed E-state index contributed by atoms with van der Waals surface area (Å²) in [4.78, 5) is 4.33. The summed E-state index contributed by atoms with van der Waals surface area (Å²) in [5.74, 6) is 1.19. The van der Waals surface area contributed by atoms with E-state index in [2.05, 4.69) is 20.2 Å². The molecule has 0 saturated carbocycles. The lowest BCUT2D eigenvalue weighted by Gasteiger charge is -2.06. The van der Waals surface area contributed by atoms with E-state index < -0.39 is 10.0 Å².